The molecule has 1 aliphatic rings. The van der Waals surface area contributed by atoms with E-state index in [1.807, 2.05) is 19.1 Å². The van der Waals surface area contributed by atoms with Crippen molar-refractivity contribution in [1.82, 2.24) is 0 Å². The molecule has 4 atom stereocenters. The van der Waals surface area contributed by atoms with Gasteiger partial charge in [-0.3, -0.25) is 9.59 Å². The first-order chi connectivity index (χ1) is 12.7. The molecule has 0 unspecified atom stereocenters. The van der Waals surface area contributed by atoms with Gasteiger partial charge in [-0.05, 0) is 43.9 Å². The second-order valence-corrected chi connectivity index (χ2v) is 7.87. The van der Waals surface area contributed by atoms with Gasteiger partial charge in [0.15, 0.2) is 0 Å². The predicted molar refractivity (Wildman–Crippen MR) is 101 cm³/mol. The third-order valence-electron chi connectivity index (χ3n) is 5.59. The third-order valence-corrected chi connectivity index (χ3v) is 5.59. The molecule has 1 saturated carbocycles. The van der Waals surface area contributed by atoms with Gasteiger partial charge in [0.05, 0.1) is 0 Å². The number of carboxylic acid groups (broad SMARTS) is 1. The number of carboxylic acids is 1. The van der Waals surface area contributed by atoms with Crippen molar-refractivity contribution in [3.8, 4) is 0 Å². The summed E-state index contributed by atoms with van der Waals surface area (Å²) < 4.78 is 27.4. The van der Waals surface area contributed by atoms with Crippen LogP contribution < -0.4 is 0 Å². The summed E-state index contributed by atoms with van der Waals surface area (Å²) in [6.07, 6.45) is 6.03. The van der Waals surface area contributed by atoms with Crippen LogP contribution in [-0.2, 0) is 9.59 Å². The molecule has 0 aliphatic heterocycles. The van der Waals surface area contributed by atoms with Gasteiger partial charge in [-0.1, -0.05) is 38.8 Å². The number of ketones is 1. The quantitative estimate of drug-likeness (QED) is 0.344. The number of hydrogen-bond acceptors (Lipinski definition) is 3. The summed E-state index contributed by atoms with van der Waals surface area (Å²) in [7, 11) is 0. The average molecular weight is 388 g/mol. The van der Waals surface area contributed by atoms with Crippen molar-refractivity contribution >= 4 is 11.8 Å². The third kappa shape index (κ3) is 8.08. The smallest absolute Gasteiger partial charge is 0.303 e. The fourth-order valence-electron chi connectivity index (χ4n) is 4.04. The monoisotopic (exact) mass is 388 g/mol. The molecule has 0 spiro atoms. The molecule has 0 heterocycles. The summed E-state index contributed by atoms with van der Waals surface area (Å²) in [6.45, 7) is 3.70. The Morgan fingerprint density at radius 1 is 1.33 bits per heavy atom. The molecule has 1 rings (SSSR count). The molecule has 0 amide bonds. The Morgan fingerprint density at radius 2 is 2.04 bits per heavy atom. The lowest BCUT2D eigenvalue weighted by Crippen LogP contribution is -2.33. The van der Waals surface area contributed by atoms with Gasteiger partial charge in [0.2, 0.25) is 0 Å². The van der Waals surface area contributed by atoms with E-state index in [0.717, 1.165) is 0 Å². The van der Waals surface area contributed by atoms with E-state index in [0.29, 0.717) is 44.9 Å². The molecule has 1 aliphatic carbocycles. The van der Waals surface area contributed by atoms with Crippen LogP contribution in [0.25, 0.3) is 0 Å². The summed E-state index contributed by atoms with van der Waals surface area (Å²) in [4.78, 5) is 22.7. The van der Waals surface area contributed by atoms with Gasteiger partial charge in [-0.15, -0.1) is 0 Å². The van der Waals surface area contributed by atoms with E-state index in [4.69, 9.17) is 5.11 Å². The molecule has 6 heteroatoms. The lowest BCUT2D eigenvalue weighted by atomic mass is 9.83. The second kappa shape index (κ2) is 11.5. The van der Waals surface area contributed by atoms with E-state index >= 15 is 0 Å². The van der Waals surface area contributed by atoms with Crippen LogP contribution in [-0.4, -0.2) is 34.0 Å². The number of hydrogen-bond donors (Lipinski definition) is 2. The molecule has 27 heavy (non-hydrogen) atoms. The van der Waals surface area contributed by atoms with Crippen LogP contribution in [0, 0.1) is 17.8 Å². The van der Waals surface area contributed by atoms with Crippen LogP contribution in [0.15, 0.2) is 12.2 Å². The Bertz CT molecular complexity index is 504. The predicted octanol–water partition coefficient (Wildman–Crippen LogP) is 5.00. The van der Waals surface area contributed by atoms with E-state index in [1.54, 1.807) is 6.92 Å². The number of carbonyl (C=O) groups excluding carboxylic acids is 1. The van der Waals surface area contributed by atoms with Crippen LogP contribution in [0.3, 0.4) is 0 Å². The van der Waals surface area contributed by atoms with Crippen LogP contribution in [0.5, 0.6) is 0 Å². The largest absolute Gasteiger partial charge is 0.481 e. The maximum Gasteiger partial charge on any atom is 0.303 e. The molecule has 0 radical (unpaired) electrons. The van der Waals surface area contributed by atoms with Crippen molar-refractivity contribution in [2.75, 3.05) is 0 Å². The molecule has 0 aromatic rings. The van der Waals surface area contributed by atoms with Crippen LogP contribution in [0.4, 0.5) is 8.78 Å². The maximum absolute atomic E-state index is 13.7. The minimum absolute atomic E-state index is 0.0577. The number of allylic oxidation sites excluding steroid dienone is 2. The number of rotatable bonds is 13. The summed E-state index contributed by atoms with van der Waals surface area (Å²) in [5, 5.41) is 18.4. The number of aliphatic hydroxyl groups is 1. The number of halogens is 2. The highest BCUT2D eigenvalue weighted by molar-refractivity contribution is 5.84. The Kier molecular flexibility index (Phi) is 10.1. The van der Waals surface area contributed by atoms with E-state index in [-0.39, 0.29) is 42.8 Å². The fourth-order valence-corrected chi connectivity index (χ4v) is 4.04. The summed E-state index contributed by atoms with van der Waals surface area (Å²) >= 11 is 0. The van der Waals surface area contributed by atoms with Crippen molar-refractivity contribution in [3.63, 3.8) is 0 Å². The minimum atomic E-state index is -3.04. The molecule has 0 aromatic heterocycles. The van der Waals surface area contributed by atoms with Crippen molar-refractivity contribution in [2.24, 2.45) is 17.8 Å². The Labute approximate surface area is 161 Å². The molecular formula is C21H34F2O4. The van der Waals surface area contributed by atoms with Gasteiger partial charge in [0.25, 0.3) is 5.92 Å². The van der Waals surface area contributed by atoms with Crippen molar-refractivity contribution in [3.05, 3.63) is 12.2 Å². The SMILES string of the molecule is CCCC(F)(F)[C@H](O)CCC[C@H]1[C@H](C)CC(=O)[C@@H]1C/C=C\CCCC(=O)O. The highest BCUT2D eigenvalue weighted by Crippen LogP contribution is 2.40. The number of aliphatic hydroxyl groups excluding tert-OH is 1. The van der Waals surface area contributed by atoms with Crippen LogP contribution in [0.2, 0.25) is 0 Å². The maximum atomic E-state index is 13.7. The van der Waals surface area contributed by atoms with E-state index in [9.17, 15) is 23.5 Å². The standard InChI is InChI=1S/C21H34F2O4/c1-3-13-21(22,23)19(25)11-8-10-16-15(2)14-18(24)17(16)9-6-4-5-7-12-20(26)27/h4,6,15-17,19,25H,3,5,7-14H2,1-2H3,(H,26,27)/b6-4-/t15-,16+,17-,19-/m1/s1. The number of Topliss-reactive ketones (excluding diaryl/α,β-unsaturated/α-hetero) is 1. The lowest BCUT2D eigenvalue weighted by Gasteiger charge is -2.24. The fraction of sp³-hybridized carbons (Fsp3) is 0.810. The summed E-state index contributed by atoms with van der Waals surface area (Å²) in [5.74, 6) is -3.33. The summed E-state index contributed by atoms with van der Waals surface area (Å²) in [6, 6.07) is 0. The Balaban J connectivity index is 2.45. The van der Waals surface area contributed by atoms with Gasteiger partial charge >= 0.3 is 5.97 Å². The Hall–Kier alpha value is -1.30. The molecule has 1 fully saturated rings. The van der Waals surface area contributed by atoms with Crippen molar-refractivity contribution < 1.29 is 28.6 Å². The van der Waals surface area contributed by atoms with Crippen LogP contribution in [0.1, 0.15) is 78.1 Å². The first kappa shape index (κ1) is 23.7. The molecule has 156 valence electrons. The zero-order valence-electron chi connectivity index (χ0n) is 16.5. The van der Waals surface area contributed by atoms with Crippen molar-refractivity contribution in [1.29, 1.82) is 0 Å². The first-order valence-corrected chi connectivity index (χ1v) is 10.1. The topological polar surface area (TPSA) is 74.6 Å². The van der Waals surface area contributed by atoms with Gasteiger partial charge in [0, 0.05) is 25.2 Å². The van der Waals surface area contributed by atoms with Crippen molar-refractivity contribution in [2.45, 2.75) is 90.1 Å². The normalized spacial score (nSPS) is 24.6. The number of carbonyl (C=O) groups is 2. The molecule has 4 nitrogen and oxygen atoms in total. The number of unbranched alkanes of at least 4 members (excludes halogenated alkanes) is 1. The molecular weight excluding hydrogens is 354 g/mol. The number of aliphatic carboxylic acids is 1. The highest BCUT2D eigenvalue weighted by atomic mass is 19.3. The molecule has 0 aromatic carbocycles. The van der Waals surface area contributed by atoms with E-state index < -0.39 is 18.0 Å². The van der Waals surface area contributed by atoms with Crippen LogP contribution >= 0.6 is 0 Å². The van der Waals surface area contributed by atoms with E-state index in [1.165, 1.54) is 0 Å². The van der Waals surface area contributed by atoms with Gasteiger partial charge in [-0.2, -0.15) is 0 Å². The number of alkyl halides is 2. The highest BCUT2D eigenvalue weighted by Gasteiger charge is 2.40. The molecule has 0 saturated heterocycles. The average Bonchev–Trinajstić information content (AvgIpc) is 2.84. The molecule has 2 N–H and O–H groups in total. The second-order valence-electron chi connectivity index (χ2n) is 7.87. The zero-order chi connectivity index (χ0) is 20.4. The van der Waals surface area contributed by atoms with E-state index in [2.05, 4.69) is 0 Å². The summed E-state index contributed by atoms with van der Waals surface area (Å²) in [5.41, 5.74) is 0. The van der Waals surface area contributed by atoms with Gasteiger partial charge < -0.3 is 10.2 Å². The van der Waals surface area contributed by atoms with Gasteiger partial charge in [0.1, 0.15) is 11.9 Å². The zero-order valence-corrected chi connectivity index (χ0v) is 16.5. The minimum Gasteiger partial charge on any atom is -0.481 e. The lowest BCUT2D eigenvalue weighted by molar-refractivity contribution is -0.137. The first-order valence-electron chi connectivity index (χ1n) is 10.1. The molecule has 0 bridgehead atoms. The Morgan fingerprint density at radius 3 is 2.67 bits per heavy atom. The van der Waals surface area contributed by atoms with Gasteiger partial charge in [-0.25, -0.2) is 8.78 Å².